The molecule has 1 aromatic carbocycles. The molecule has 1 rings (SSSR count). The molecule has 80 valence electrons. The quantitative estimate of drug-likeness (QED) is 0.509. The van der Waals surface area contributed by atoms with Crippen molar-refractivity contribution in [1.29, 1.82) is 0 Å². The second-order valence-corrected chi connectivity index (χ2v) is 2.95. The molecule has 0 aromatic heterocycles. The highest BCUT2D eigenvalue weighted by Crippen LogP contribution is 2.06. The van der Waals surface area contributed by atoms with Crippen LogP contribution in [0, 0.1) is 5.82 Å². The topological polar surface area (TPSA) is 66.8 Å². The van der Waals surface area contributed by atoms with Crippen LogP contribution in [0.1, 0.15) is 5.56 Å². The van der Waals surface area contributed by atoms with Crippen molar-refractivity contribution in [3.63, 3.8) is 0 Å². The predicted octanol–water partition coefficient (Wildman–Crippen LogP) is -0.779. The summed E-state index contributed by atoms with van der Waals surface area (Å²) < 4.78 is 17.9. The highest BCUT2D eigenvalue weighted by atomic mass is 19.1. The molecule has 0 fully saturated rings. The summed E-state index contributed by atoms with van der Waals surface area (Å²) >= 11 is 0. The first-order valence-corrected chi connectivity index (χ1v) is 4.26. The third kappa shape index (κ3) is 2.77. The van der Waals surface area contributed by atoms with Crippen LogP contribution in [-0.2, 0) is 16.0 Å². The van der Waals surface area contributed by atoms with E-state index in [1.165, 1.54) is 25.3 Å². The van der Waals surface area contributed by atoms with Gasteiger partial charge in [0, 0.05) is 5.46 Å². The zero-order chi connectivity index (χ0) is 11.4. The molecule has 0 unspecified atom stereocenters. The lowest BCUT2D eigenvalue weighted by atomic mass is 9.79. The summed E-state index contributed by atoms with van der Waals surface area (Å²) in [6.45, 7) is 0. The van der Waals surface area contributed by atoms with E-state index in [0.717, 1.165) is 0 Å². The third-order valence-corrected chi connectivity index (χ3v) is 1.95. The van der Waals surface area contributed by atoms with Crippen LogP contribution < -0.4 is 5.46 Å². The number of methoxy groups -OCH3 is 1. The number of carbonyl (C=O) groups excluding carboxylic acids is 1. The molecule has 0 heterocycles. The number of carbonyl (C=O) groups is 1. The van der Waals surface area contributed by atoms with Crippen molar-refractivity contribution in [1.82, 2.24) is 0 Å². The molecular weight excluding hydrogens is 202 g/mol. The number of halogens is 1. The minimum atomic E-state index is -1.89. The maximum absolute atomic E-state index is 13.5. The molecule has 0 aliphatic carbocycles. The Hall–Kier alpha value is -1.40. The molecule has 0 atom stereocenters. The van der Waals surface area contributed by atoms with E-state index < -0.39 is 18.9 Å². The van der Waals surface area contributed by atoms with Gasteiger partial charge >= 0.3 is 13.1 Å². The summed E-state index contributed by atoms with van der Waals surface area (Å²) in [6.07, 6.45) is -0.233. The second-order valence-electron chi connectivity index (χ2n) is 2.95. The van der Waals surface area contributed by atoms with Gasteiger partial charge in [-0.25, -0.2) is 4.39 Å². The fraction of sp³-hybridized carbons (Fsp3) is 0.222. The van der Waals surface area contributed by atoms with Gasteiger partial charge in [-0.05, 0) is 5.56 Å². The standard InChI is InChI=1S/C9H10BFO4/c1-15-8(12)5-6-3-2-4-7(9(6)11)10(13)14/h2-4,13-14H,5H2,1H3. The molecule has 0 bridgehead atoms. The monoisotopic (exact) mass is 212 g/mol. The van der Waals surface area contributed by atoms with Gasteiger partial charge in [0.2, 0.25) is 0 Å². The van der Waals surface area contributed by atoms with Gasteiger partial charge < -0.3 is 14.8 Å². The van der Waals surface area contributed by atoms with E-state index in [9.17, 15) is 9.18 Å². The fourth-order valence-electron chi connectivity index (χ4n) is 1.16. The van der Waals surface area contributed by atoms with Crippen LogP contribution in [0.15, 0.2) is 18.2 Å². The first kappa shape index (κ1) is 11.7. The highest BCUT2D eigenvalue weighted by Gasteiger charge is 2.19. The Kier molecular flexibility index (Phi) is 3.82. The molecule has 0 saturated heterocycles. The largest absolute Gasteiger partial charge is 0.491 e. The maximum atomic E-state index is 13.5. The lowest BCUT2D eigenvalue weighted by molar-refractivity contribution is -0.139. The molecule has 0 radical (unpaired) electrons. The lowest BCUT2D eigenvalue weighted by Crippen LogP contribution is -2.33. The van der Waals surface area contributed by atoms with Gasteiger partial charge in [0.25, 0.3) is 0 Å². The number of rotatable bonds is 3. The number of hydrogen-bond acceptors (Lipinski definition) is 4. The van der Waals surface area contributed by atoms with Gasteiger partial charge in [-0.15, -0.1) is 0 Å². The average molecular weight is 212 g/mol. The van der Waals surface area contributed by atoms with Crippen molar-refractivity contribution in [2.45, 2.75) is 6.42 Å². The highest BCUT2D eigenvalue weighted by molar-refractivity contribution is 6.58. The zero-order valence-electron chi connectivity index (χ0n) is 8.11. The molecule has 0 spiro atoms. The third-order valence-electron chi connectivity index (χ3n) is 1.95. The van der Waals surface area contributed by atoms with Crippen molar-refractivity contribution in [3.8, 4) is 0 Å². The van der Waals surface area contributed by atoms with Crippen LogP contribution in [0.5, 0.6) is 0 Å². The Morgan fingerprint density at radius 2 is 2.20 bits per heavy atom. The van der Waals surface area contributed by atoms with Crippen molar-refractivity contribution in [3.05, 3.63) is 29.6 Å². The number of hydrogen-bond donors (Lipinski definition) is 2. The van der Waals surface area contributed by atoms with E-state index in [2.05, 4.69) is 4.74 Å². The molecule has 1 aromatic rings. The predicted molar refractivity (Wildman–Crippen MR) is 51.9 cm³/mol. The van der Waals surface area contributed by atoms with Gasteiger partial charge in [-0.2, -0.15) is 0 Å². The molecule has 0 saturated carbocycles. The second kappa shape index (κ2) is 4.90. The summed E-state index contributed by atoms with van der Waals surface area (Å²) in [6, 6.07) is 4.06. The van der Waals surface area contributed by atoms with Crippen LogP contribution >= 0.6 is 0 Å². The van der Waals surface area contributed by atoms with E-state index >= 15 is 0 Å². The first-order chi connectivity index (χ1) is 7.06. The Morgan fingerprint density at radius 3 is 2.73 bits per heavy atom. The van der Waals surface area contributed by atoms with Crippen LogP contribution in [0.4, 0.5) is 4.39 Å². The van der Waals surface area contributed by atoms with Crippen molar-refractivity contribution in [2.24, 2.45) is 0 Å². The maximum Gasteiger partial charge on any atom is 0.491 e. The van der Waals surface area contributed by atoms with Gasteiger partial charge in [0.05, 0.1) is 13.5 Å². The average Bonchev–Trinajstić information content (AvgIpc) is 2.20. The summed E-state index contributed by atoms with van der Waals surface area (Å²) in [5, 5.41) is 17.6. The zero-order valence-corrected chi connectivity index (χ0v) is 8.11. The molecule has 0 aliphatic heterocycles. The summed E-state index contributed by atoms with van der Waals surface area (Å²) in [7, 11) is -0.687. The Balaban J connectivity index is 2.99. The van der Waals surface area contributed by atoms with Crippen LogP contribution in [0.3, 0.4) is 0 Å². The van der Waals surface area contributed by atoms with Gasteiger partial charge in [-0.1, -0.05) is 18.2 Å². The minimum absolute atomic E-state index is 0.0763. The van der Waals surface area contributed by atoms with Gasteiger partial charge in [0.15, 0.2) is 0 Å². The lowest BCUT2D eigenvalue weighted by Gasteiger charge is -2.06. The van der Waals surface area contributed by atoms with Gasteiger partial charge in [0.1, 0.15) is 5.82 Å². The van der Waals surface area contributed by atoms with E-state index in [4.69, 9.17) is 10.0 Å². The fourth-order valence-corrected chi connectivity index (χ4v) is 1.16. The van der Waals surface area contributed by atoms with E-state index in [-0.39, 0.29) is 17.4 Å². The van der Waals surface area contributed by atoms with Crippen LogP contribution in [0.25, 0.3) is 0 Å². The molecule has 0 aliphatic rings. The molecule has 15 heavy (non-hydrogen) atoms. The molecular formula is C9H10BFO4. The number of ether oxygens (including phenoxy) is 1. The Morgan fingerprint density at radius 1 is 1.53 bits per heavy atom. The van der Waals surface area contributed by atoms with Crippen molar-refractivity contribution >= 4 is 18.6 Å². The normalized spacial score (nSPS) is 9.87. The van der Waals surface area contributed by atoms with Gasteiger partial charge in [-0.3, -0.25) is 4.79 Å². The smallest absolute Gasteiger partial charge is 0.469 e. The van der Waals surface area contributed by atoms with Crippen molar-refractivity contribution in [2.75, 3.05) is 7.11 Å². The van der Waals surface area contributed by atoms with E-state index in [1.807, 2.05) is 0 Å². The summed E-state index contributed by atoms with van der Waals surface area (Å²) in [4.78, 5) is 10.9. The molecule has 6 heteroatoms. The van der Waals surface area contributed by atoms with E-state index in [0.29, 0.717) is 0 Å². The summed E-state index contributed by atoms with van der Waals surface area (Å²) in [5.74, 6) is -1.38. The first-order valence-electron chi connectivity index (χ1n) is 4.26. The molecule has 2 N–H and O–H groups in total. The van der Waals surface area contributed by atoms with Crippen LogP contribution in [0.2, 0.25) is 0 Å². The SMILES string of the molecule is COC(=O)Cc1cccc(B(O)O)c1F. The number of esters is 1. The van der Waals surface area contributed by atoms with Crippen LogP contribution in [-0.4, -0.2) is 30.2 Å². The minimum Gasteiger partial charge on any atom is -0.469 e. The molecule has 0 amide bonds. The number of benzene rings is 1. The Labute approximate surface area is 86.4 Å². The van der Waals surface area contributed by atoms with Crippen molar-refractivity contribution < 1.29 is 24.0 Å². The molecule has 4 nitrogen and oxygen atoms in total. The Bertz CT molecular complexity index is 367. The van der Waals surface area contributed by atoms with E-state index in [1.54, 1.807) is 0 Å². The summed E-state index contributed by atoms with van der Waals surface area (Å²) in [5.41, 5.74) is -0.177.